The van der Waals surface area contributed by atoms with Gasteiger partial charge in [0.05, 0.1) is 21.9 Å². The van der Waals surface area contributed by atoms with Crippen LogP contribution in [0.2, 0.25) is 0 Å². The van der Waals surface area contributed by atoms with Crippen LogP contribution >= 0.6 is 11.8 Å². The van der Waals surface area contributed by atoms with Crippen LogP contribution in [0.15, 0.2) is 58.8 Å². The highest BCUT2D eigenvalue weighted by Gasteiger charge is 2.52. The Labute approximate surface area is 295 Å². The van der Waals surface area contributed by atoms with E-state index in [0.29, 0.717) is 60.7 Å². The van der Waals surface area contributed by atoms with Crippen molar-refractivity contribution in [1.82, 2.24) is 25.8 Å². The van der Waals surface area contributed by atoms with E-state index in [9.17, 15) is 37.6 Å². The van der Waals surface area contributed by atoms with Gasteiger partial charge in [0.15, 0.2) is 0 Å². The van der Waals surface area contributed by atoms with Crippen molar-refractivity contribution in [2.45, 2.75) is 62.7 Å². The molecule has 4 N–H and O–H groups in total. The molecule has 4 fully saturated rings. The molecule has 1 aliphatic carbocycles. The van der Waals surface area contributed by atoms with Gasteiger partial charge in [-0.15, -0.1) is 0 Å². The number of rotatable bonds is 7. The number of thioether (sulfide) groups is 1. The molecule has 12 nitrogen and oxygen atoms in total. The SMILES string of the molecule is Cc1cc(C(=O)Nc2cc(C(F)(F)F)ccn2)ccc1N1C(=O)NC2=C(C(=O)N[C@H]3CCCN(C(=O)/C(C#N)=C/C4CC4)C3)SC3NCCC1C23. The summed E-state index contributed by atoms with van der Waals surface area (Å²) in [5.41, 5.74) is 1.10. The molecule has 5 amide bonds. The van der Waals surface area contributed by atoms with E-state index in [4.69, 9.17) is 0 Å². The second-order valence-corrected chi connectivity index (χ2v) is 14.5. The zero-order valence-electron chi connectivity index (χ0n) is 27.5. The molecule has 4 atom stereocenters. The molecule has 2 aromatic rings. The van der Waals surface area contributed by atoms with Gasteiger partial charge in [-0.05, 0) is 87.4 Å². The Balaban J connectivity index is 1.05. The Morgan fingerprint density at radius 3 is 2.65 bits per heavy atom. The Bertz CT molecular complexity index is 1910. The summed E-state index contributed by atoms with van der Waals surface area (Å²) in [7, 11) is 0. The number of piperidine rings is 2. The van der Waals surface area contributed by atoms with Gasteiger partial charge >= 0.3 is 12.2 Å². The molecule has 1 aromatic heterocycles. The van der Waals surface area contributed by atoms with Crippen molar-refractivity contribution >= 4 is 47.0 Å². The minimum atomic E-state index is -4.59. The minimum Gasteiger partial charge on any atom is -0.347 e. The first-order valence-electron chi connectivity index (χ1n) is 16.8. The molecular formula is C35H35F3N8O4S. The first kappa shape index (κ1) is 34.6. The average molecular weight is 721 g/mol. The maximum absolute atomic E-state index is 13.8. The number of aromatic nitrogens is 1. The Hall–Kier alpha value is -4.88. The number of nitrogens with one attached hydrogen (secondary N) is 4. The molecule has 0 bridgehead atoms. The van der Waals surface area contributed by atoms with Crippen LogP contribution in [0, 0.1) is 30.1 Å². The number of pyridine rings is 1. The summed E-state index contributed by atoms with van der Waals surface area (Å²) in [6, 6.07) is 7.29. The Morgan fingerprint density at radius 2 is 1.92 bits per heavy atom. The fourth-order valence-corrected chi connectivity index (χ4v) is 8.59. The van der Waals surface area contributed by atoms with Crippen molar-refractivity contribution in [3.63, 3.8) is 0 Å². The van der Waals surface area contributed by atoms with Crippen molar-refractivity contribution in [2.75, 3.05) is 29.9 Å². The molecular weight excluding hydrogens is 685 g/mol. The van der Waals surface area contributed by atoms with Crippen LogP contribution in [-0.2, 0) is 15.8 Å². The van der Waals surface area contributed by atoms with E-state index in [0.717, 1.165) is 31.2 Å². The average Bonchev–Trinajstić information content (AvgIpc) is 3.86. The van der Waals surface area contributed by atoms with Gasteiger partial charge in [-0.25, -0.2) is 9.78 Å². The molecule has 1 aromatic carbocycles. The number of benzene rings is 1. The molecule has 3 unspecified atom stereocenters. The van der Waals surface area contributed by atoms with E-state index < -0.39 is 23.7 Å². The van der Waals surface area contributed by atoms with Gasteiger partial charge in [0, 0.05) is 48.2 Å². The summed E-state index contributed by atoms with van der Waals surface area (Å²) in [5.74, 6) is -1.47. The van der Waals surface area contributed by atoms with Crippen LogP contribution in [0.4, 0.5) is 29.5 Å². The number of likely N-dealkylation sites (tertiary alicyclic amines) is 1. The van der Waals surface area contributed by atoms with Gasteiger partial charge in [0.1, 0.15) is 17.5 Å². The second-order valence-electron chi connectivity index (χ2n) is 13.4. The lowest BCUT2D eigenvalue weighted by atomic mass is 9.86. The molecule has 0 radical (unpaired) electrons. The number of alkyl halides is 3. The van der Waals surface area contributed by atoms with E-state index in [-0.39, 0.29) is 58.1 Å². The van der Waals surface area contributed by atoms with Gasteiger partial charge in [-0.3, -0.25) is 19.3 Å². The third-order valence-corrected chi connectivity index (χ3v) is 11.2. The van der Waals surface area contributed by atoms with Crippen LogP contribution < -0.4 is 26.2 Å². The molecule has 7 rings (SSSR count). The second kappa shape index (κ2) is 13.7. The van der Waals surface area contributed by atoms with Crippen LogP contribution in [0.3, 0.4) is 0 Å². The molecule has 5 aliphatic rings. The molecule has 1 saturated carbocycles. The Kier molecular flexibility index (Phi) is 9.27. The topological polar surface area (TPSA) is 160 Å². The third-order valence-electron chi connectivity index (χ3n) is 9.81. The van der Waals surface area contributed by atoms with Crippen molar-refractivity contribution in [2.24, 2.45) is 11.8 Å². The highest BCUT2D eigenvalue weighted by atomic mass is 32.2. The van der Waals surface area contributed by atoms with Gasteiger partial charge in [0.2, 0.25) is 0 Å². The van der Waals surface area contributed by atoms with Gasteiger partial charge < -0.3 is 26.2 Å². The number of aryl methyl sites for hydroxylation is 1. The van der Waals surface area contributed by atoms with E-state index >= 15 is 0 Å². The van der Waals surface area contributed by atoms with Crippen molar-refractivity contribution in [1.29, 1.82) is 5.26 Å². The molecule has 16 heteroatoms. The number of nitriles is 1. The molecule has 5 heterocycles. The summed E-state index contributed by atoms with van der Waals surface area (Å²) in [5, 5.41) is 21.3. The maximum Gasteiger partial charge on any atom is 0.416 e. The van der Waals surface area contributed by atoms with Crippen LogP contribution in [0.25, 0.3) is 0 Å². The van der Waals surface area contributed by atoms with Crippen molar-refractivity contribution in [3.05, 3.63) is 75.5 Å². The number of amides is 5. The third kappa shape index (κ3) is 7.05. The number of carbonyl (C=O) groups excluding carboxylic acids is 4. The standard InChI is InChI=1S/C35H35F3N8O4S/c1-18-13-20(30(47)43-26-15-22(8-10-40-26)35(36,37)38)6-7-24(18)46-25-9-11-41-32-27(25)28(44-34(46)50)29(51-32)31(48)42-23-3-2-12-45(17-23)33(49)21(16-39)14-19-4-5-19/h6-8,10,13-15,19,23,25,27,32,41H,2-5,9,11-12,17H2,1H3,(H,42,48)(H,44,50)(H,40,43,47)/b21-14+/t23-,25?,27?,32?/m0/s1. The Morgan fingerprint density at radius 1 is 1.12 bits per heavy atom. The number of hydrogen-bond donors (Lipinski definition) is 4. The van der Waals surface area contributed by atoms with Gasteiger partial charge in [0.25, 0.3) is 17.7 Å². The summed E-state index contributed by atoms with van der Waals surface area (Å²) in [6.45, 7) is 3.15. The fourth-order valence-electron chi connectivity index (χ4n) is 7.19. The largest absolute Gasteiger partial charge is 0.416 e. The predicted molar refractivity (Wildman–Crippen MR) is 182 cm³/mol. The van der Waals surface area contributed by atoms with E-state index in [2.05, 4.69) is 26.3 Å². The summed E-state index contributed by atoms with van der Waals surface area (Å²) in [6.07, 6.45) is 2.06. The monoisotopic (exact) mass is 720 g/mol. The van der Waals surface area contributed by atoms with E-state index in [1.165, 1.54) is 17.8 Å². The number of hydrogen-bond acceptors (Lipinski definition) is 8. The molecule has 0 spiro atoms. The zero-order chi connectivity index (χ0) is 36.0. The number of allylic oxidation sites excluding steroid dienone is 1. The van der Waals surface area contributed by atoms with Crippen molar-refractivity contribution < 1.29 is 32.3 Å². The quantitative estimate of drug-likeness (QED) is 0.242. The van der Waals surface area contributed by atoms with Crippen LogP contribution in [0.1, 0.15) is 53.6 Å². The van der Waals surface area contributed by atoms with Gasteiger partial charge in [-0.2, -0.15) is 18.4 Å². The van der Waals surface area contributed by atoms with Crippen LogP contribution in [0.5, 0.6) is 0 Å². The van der Waals surface area contributed by atoms with Crippen LogP contribution in [-0.4, -0.2) is 70.7 Å². The number of urea groups is 1. The predicted octanol–water partition coefficient (Wildman–Crippen LogP) is 4.42. The first-order chi connectivity index (χ1) is 24.4. The highest BCUT2D eigenvalue weighted by Crippen LogP contribution is 2.48. The maximum atomic E-state index is 13.8. The zero-order valence-corrected chi connectivity index (χ0v) is 28.4. The molecule has 266 valence electrons. The number of carbonyl (C=O) groups is 4. The van der Waals surface area contributed by atoms with E-state index in [1.54, 1.807) is 34.9 Å². The highest BCUT2D eigenvalue weighted by molar-refractivity contribution is 8.04. The van der Waals surface area contributed by atoms with Gasteiger partial charge in [-0.1, -0.05) is 17.8 Å². The van der Waals surface area contributed by atoms with Crippen molar-refractivity contribution in [3.8, 4) is 6.07 Å². The molecule has 3 saturated heterocycles. The van der Waals surface area contributed by atoms with E-state index in [1.807, 2.05) is 6.07 Å². The number of anilines is 2. The fraction of sp³-hybridized carbons (Fsp3) is 0.429. The normalized spacial score (nSPS) is 24.8. The summed E-state index contributed by atoms with van der Waals surface area (Å²) >= 11 is 1.36. The summed E-state index contributed by atoms with van der Waals surface area (Å²) in [4.78, 5) is 61.1. The lowest BCUT2D eigenvalue weighted by Gasteiger charge is -2.46. The smallest absolute Gasteiger partial charge is 0.347 e. The molecule has 4 aliphatic heterocycles. The first-order valence-corrected chi connectivity index (χ1v) is 17.7. The minimum absolute atomic E-state index is 0.150. The number of nitrogens with zero attached hydrogens (tertiary/aromatic N) is 4. The number of halogens is 3. The summed E-state index contributed by atoms with van der Waals surface area (Å²) < 4.78 is 39.4. The lowest BCUT2D eigenvalue weighted by Crippen LogP contribution is -2.62. The molecule has 51 heavy (non-hydrogen) atoms. The lowest BCUT2D eigenvalue weighted by molar-refractivity contribution is -0.137.